The molecule has 0 N–H and O–H groups in total. The lowest BCUT2D eigenvalue weighted by Gasteiger charge is -2.26. The van der Waals surface area contributed by atoms with Crippen LogP contribution in [0.25, 0.3) is 5.57 Å². The van der Waals surface area contributed by atoms with Crippen molar-refractivity contribution in [3.8, 4) is 0 Å². The van der Waals surface area contributed by atoms with Crippen molar-refractivity contribution in [1.82, 2.24) is 14.9 Å². The highest BCUT2D eigenvalue weighted by Gasteiger charge is 2.30. The highest BCUT2D eigenvalue weighted by molar-refractivity contribution is 5.91. The molecule has 0 spiro atoms. The smallest absolute Gasteiger partial charge is 0.158 e. The number of hydrogen-bond donors (Lipinski definition) is 0. The number of nitrogens with zero attached hydrogens (tertiary/aromatic N) is 3. The Balaban J connectivity index is 2.18. The van der Waals surface area contributed by atoms with Crippen LogP contribution in [0.5, 0.6) is 0 Å². The van der Waals surface area contributed by atoms with Crippen LogP contribution in [0.2, 0.25) is 0 Å². The van der Waals surface area contributed by atoms with E-state index in [1.54, 1.807) is 0 Å². The van der Waals surface area contributed by atoms with Crippen molar-refractivity contribution >= 4 is 11.4 Å². The van der Waals surface area contributed by atoms with Gasteiger partial charge in [0.05, 0.1) is 11.4 Å². The second kappa shape index (κ2) is 14.2. The van der Waals surface area contributed by atoms with E-state index >= 15 is 0 Å². The van der Waals surface area contributed by atoms with Gasteiger partial charge in [0, 0.05) is 31.3 Å². The summed E-state index contributed by atoms with van der Waals surface area (Å²) in [5.74, 6) is 2.82. The van der Waals surface area contributed by atoms with Gasteiger partial charge < -0.3 is 4.90 Å². The van der Waals surface area contributed by atoms with Crippen molar-refractivity contribution in [2.45, 2.75) is 117 Å². The van der Waals surface area contributed by atoms with E-state index in [-0.39, 0.29) is 5.78 Å². The molecule has 200 valence electrons. The average Bonchev–Trinajstić information content (AvgIpc) is 2.93. The third-order valence-electron chi connectivity index (χ3n) is 8.38. The number of fused-ring (bicyclic) bond motifs is 1. The highest BCUT2D eigenvalue weighted by Crippen LogP contribution is 2.38. The molecule has 1 aromatic rings. The molecular formula is C32H51N3O. The fraction of sp³-hybridized carbons (Fsp3) is 0.719. The number of allylic oxidation sites excluding steroid dienone is 3. The van der Waals surface area contributed by atoms with Crippen LogP contribution >= 0.6 is 0 Å². The highest BCUT2D eigenvalue weighted by atomic mass is 16.1. The minimum Gasteiger partial charge on any atom is -0.305 e. The number of rotatable bonds is 9. The fourth-order valence-electron chi connectivity index (χ4n) is 6.12. The van der Waals surface area contributed by atoms with Gasteiger partial charge >= 0.3 is 0 Å². The third kappa shape index (κ3) is 7.84. The third-order valence-corrected chi connectivity index (χ3v) is 8.38. The Labute approximate surface area is 221 Å². The van der Waals surface area contributed by atoms with Crippen molar-refractivity contribution in [2.75, 3.05) is 20.1 Å². The van der Waals surface area contributed by atoms with Crippen molar-refractivity contribution in [1.29, 1.82) is 0 Å². The van der Waals surface area contributed by atoms with Gasteiger partial charge in [-0.25, -0.2) is 9.97 Å². The first kappa shape index (κ1) is 28.8. The lowest BCUT2D eigenvalue weighted by Crippen LogP contribution is -2.24. The van der Waals surface area contributed by atoms with Gasteiger partial charge in [-0.1, -0.05) is 78.9 Å². The number of carbonyl (C=O) groups is 1. The zero-order chi connectivity index (χ0) is 26.1. The van der Waals surface area contributed by atoms with Gasteiger partial charge in [0.15, 0.2) is 11.6 Å². The summed E-state index contributed by atoms with van der Waals surface area (Å²) < 4.78 is 0. The molecule has 2 aliphatic rings. The van der Waals surface area contributed by atoms with Gasteiger partial charge in [-0.15, -0.1) is 0 Å². The standard InChI is InChI=1S/C32H51N3O/c1-7-24(5)28(18-17-27(36)8-2)32-33-30(25-15-13-11-9-10-12-14-16-25)29-19-20-35(6)22-26(21-23(3)4)31(29)34-32/h8,18,23-26H,2,7,9-17,19-22H2,1,3-6H3/b28-18+. The van der Waals surface area contributed by atoms with Crippen LogP contribution in [0, 0.1) is 11.8 Å². The Morgan fingerprint density at radius 1 is 1.06 bits per heavy atom. The van der Waals surface area contributed by atoms with Gasteiger partial charge in [0.2, 0.25) is 0 Å². The predicted octanol–water partition coefficient (Wildman–Crippen LogP) is 7.89. The summed E-state index contributed by atoms with van der Waals surface area (Å²) in [5.41, 5.74) is 5.23. The van der Waals surface area contributed by atoms with E-state index in [0.29, 0.717) is 30.1 Å². The van der Waals surface area contributed by atoms with E-state index in [9.17, 15) is 4.79 Å². The van der Waals surface area contributed by atoms with E-state index in [1.165, 1.54) is 74.4 Å². The number of hydrogen-bond acceptors (Lipinski definition) is 4. The van der Waals surface area contributed by atoms with Crippen LogP contribution in [0.4, 0.5) is 0 Å². The second-order valence-electron chi connectivity index (χ2n) is 11.9. The number of aromatic nitrogens is 2. The number of carbonyl (C=O) groups excluding carboxylic acids is 1. The average molecular weight is 494 g/mol. The molecular weight excluding hydrogens is 442 g/mol. The van der Waals surface area contributed by atoms with Crippen LogP contribution in [0.1, 0.15) is 133 Å². The predicted molar refractivity (Wildman–Crippen MR) is 152 cm³/mol. The van der Waals surface area contributed by atoms with Crippen LogP contribution in [0.15, 0.2) is 18.7 Å². The summed E-state index contributed by atoms with van der Waals surface area (Å²) in [6, 6.07) is 0. The molecule has 1 aliphatic carbocycles. The topological polar surface area (TPSA) is 46.1 Å². The van der Waals surface area contributed by atoms with Gasteiger partial charge in [0.25, 0.3) is 0 Å². The summed E-state index contributed by atoms with van der Waals surface area (Å²) in [6.45, 7) is 14.9. The van der Waals surface area contributed by atoms with Crippen molar-refractivity contribution in [3.05, 3.63) is 41.5 Å². The lowest BCUT2D eigenvalue weighted by atomic mass is 9.85. The minimum absolute atomic E-state index is 0.0568. The molecule has 2 atom stereocenters. The summed E-state index contributed by atoms with van der Waals surface area (Å²) in [7, 11) is 2.26. The summed E-state index contributed by atoms with van der Waals surface area (Å²) >= 11 is 0. The monoisotopic (exact) mass is 493 g/mol. The zero-order valence-corrected chi connectivity index (χ0v) is 23.8. The van der Waals surface area contributed by atoms with Crippen LogP contribution < -0.4 is 0 Å². The van der Waals surface area contributed by atoms with Crippen molar-refractivity contribution < 1.29 is 4.79 Å². The summed E-state index contributed by atoms with van der Waals surface area (Å²) in [6.07, 6.45) is 17.6. The summed E-state index contributed by atoms with van der Waals surface area (Å²) in [5, 5.41) is 0. The van der Waals surface area contributed by atoms with Crippen LogP contribution in [0.3, 0.4) is 0 Å². The second-order valence-corrected chi connectivity index (χ2v) is 11.9. The van der Waals surface area contributed by atoms with E-state index in [2.05, 4.69) is 52.3 Å². The van der Waals surface area contributed by atoms with E-state index in [4.69, 9.17) is 9.97 Å². The van der Waals surface area contributed by atoms with E-state index in [1.807, 2.05) is 0 Å². The van der Waals surface area contributed by atoms with E-state index < -0.39 is 0 Å². The Hall–Kier alpha value is -1.81. The van der Waals surface area contributed by atoms with Gasteiger partial charge in [-0.2, -0.15) is 0 Å². The Morgan fingerprint density at radius 3 is 2.31 bits per heavy atom. The van der Waals surface area contributed by atoms with Crippen molar-refractivity contribution in [2.24, 2.45) is 11.8 Å². The molecule has 1 fully saturated rings. The maximum absolute atomic E-state index is 12.2. The Morgan fingerprint density at radius 2 is 1.69 bits per heavy atom. The normalized spacial score (nSPS) is 21.7. The maximum Gasteiger partial charge on any atom is 0.158 e. The number of likely N-dealkylation sites (N-methyl/N-ethyl adjacent to an activating group) is 1. The molecule has 0 aromatic carbocycles. The Bertz CT molecular complexity index is 893. The van der Waals surface area contributed by atoms with Crippen molar-refractivity contribution in [3.63, 3.8) is 0 Å². The molecule has 4 nitrogen and oxygen atoms in total. The van der Waals surface area contributed by atoms with Gasteiger partial charge in [-0.3, -0.25) is 4.79 Å². The number of ketones is 1. The van der Waals surface area contributed by atoms with Gasteiger partial charge in [-0.05, 0) is 68.2 Å². The summed E-state index contributed by atoms with van der Waals surface area (Å²) in [4.78, 5) is 25.5. The first-order valence-corrected chi connectivity index (χ1v) is 14.8. The molecule has 1 aromatic heterocycles. The zero-order valence-electron chi connectivity index (χ0n) is 23.8. The minimum atomic E-state index is 0.0568. The molecule has 1 saturated carbocycles. The van der Waals surface area contributed by atoms with Crippen LogP contribution in [-0.2, 0) is 11.2 Å². The molecule has 4 heteroatoms. The van der Waals surface area contributed by atoms with Crippen LogP contribution in [-0.4, -0.2) is 40.8 Å². The van der Waals surface area contributed by atoms with Gasteiger partial charge in [0.1, 0.15) is 0 Å². The first-order valence-electron chi connectivity index (χ1n) is 14.8. The molecule has 0 radical (unpaired) electrons. The molecule has 2 heterocycles. The first-order chi connectivity index (χ1) is 17.3. The molecule has 0 saturated heterocycles. The molecule has 1 aliphatic heterocycles. The largest absolute Gasteiger partial charge is 0.305 e. The molecule has 36 heavy (non-hydrogen) atoms. The lowest BCUT2D eigenvalue weighted by molar-refractivity contribution is -0.113. The molecule has 3 rings (SSSR count). The molecule has 0 amide bonds. The maximum atomic E-state index is 12.2. The quantitative estimate of drug-likeness (QED) is 0.328. The fourth-order valence-corrected chi connectivity index (χ4v) is 6.12. The molecule has 0 bridgehead atoms. The SMILES string of the molecule is C=CC(=O)C/C=C(/c1nc(C2CCCCCCCC2)c2c(n1)C(CC(C)C)CN(C)CC2)C(C)CC. The Kier molecular flexibility index (Phi) is 11.4. The van der Waals surface area contributed by atoms with E-state index in [0.717, 1.165) is 43.7 Å². The molecule has 2 unspecified atom stereocenters.